The van der Waals surface area contributed by atoms with Crippen LogP contribution in [-0.4, -0.2) is 22.5 Å². The maximum atomic E-state index is 11.2. The summed E-state index contributed by atoms with van der Waals surface area (Å²) in [5.41, 5.74) is 1.49. The number of H-pyrrole nitrogens is 1. The van der Waals surface area contributed by atoms with Crippen LogP contribution < -0.4 is 0 Å². The van der Waals surface area contributed by atoms with Crippen LogP contribution in [0.25, 0.3) is 17.0 Å². The number of fused-ring (bicyclic) bond motifs is 1. The molecule has 19 heavy (non-hydrogen) atoms. The first-order chi connectivity index (χ1) is 9.10. The van der Waals surface area contributed by atoms with Crippen molar-refractivity contribution >= 4 is 28.6 Å². The number of hydrogen-bond donors (Lipinski definition) is 1. The highest BCUT2D eigenvalue weighted by molar-refractivity contribution is 5.89. The highest BCUT2D eigenvalue weighted by Crippen LogP contribution is 2.21. The van der Waals surface area contributed by atoms with Crippen molar-refractivity contribution in [1.82, 2.24) is 4.98 Å². The Morgan fingerprint density at radius 1 is 1.47 bits per heavy atom. The number of aromatic nitrogens is 1. The zero-order chi connectivity index (χ0) is 13.8. The van der Waals surface area contributed by atoms with Gasteiger partial charge in [0.05, 0.1) is 11.5 Å². The number of carbonyl (C=O) groups is 1. The normalized spacial score (nSPS) is 11.0. The number of non-ortho nitro benzene ring substituents is 1. The van der Waals surface area contributed by atoms with E-state index in [1.165, 1.54) is 18.2 Å². The lowest BCUT2D eigenvalue weighted by molar-refractivity contribution is -0.384. The van der Waals surface area contributed by atoms with Crippen molar-refractivity contribution in [2.75, 3.05) is 6.61 Å². The molecule has 0 radical (unpaired) electrons. The summed E-state index contributed by atoms with van der Waals surface area (Å²) in [7, 11) is 0. The molecule has 0 amide bonds. The van der Waals surface area contributed by atoms with Gasteiger partial charge in [-0.25, -0.2) is 4.79 Å². The molecule has 0 unspecified atom stereocenters. The van der Waals surface area contributed by atoms with Crippen LogP contribution in [0, 0.1) is 10.1 Å². The summed E-state index contributed by atoms with van der Waals surface area (Å²) in [5, 5.41) is 11.4. The quantitative estimate of drug-likeness (QED) is 0.396. The predicted molar refractivity (Wildman–Crippen MR) is 70.6 cm³/mol. The van der Waals surface area contributed by atoms with Crippen LogP contribution in [0.4, 0.5) is 5.69 Å². The molecule has 0 aliphatic heterocycles. The minimum absolute atomic E-state index is 0.0347. The molecular formula is C13H12N2O4. The second kappa shape index (κ2) is 5.34. The molecule has 0 aliphatic rings. The topological polar surface area (TPSA) is 85.2 Å². The molecule has 0 atom stereocenters. The number of nitro groups is 1. The Hall–Kier alpha value is -2.63. The van der Waals surface area contributed by atoms with Crippen LogP contribution in [0.2, 0.25) is 0 Å². The van der Waals surface area contributed by atoms with Crippen molar-refractivity contribution in [1.29, 1.82) is 0 Å². The SMILES string of the molecule is CCOC(=O)/C=C/c1cc2cc([N+](=O)[O-])ccc2[nH]1. The third kappa shape index (κ3) is 2.98. The molecule has 2 rings (SSSR count). The zero-order valence-electron chi connectivity index (χ0n) is 10.3. The molecule has 2 aromatic rings. The molecule has 0 saturated carbocycles. The molecule has 1 aromatic carbocycles. The molecule has 0 saturated heterocycles. The highest BCUT2D eigenvalue weighted by Gasteiger charge is 2.07. The number of nitrogens with one attached hydrogen (secondary N) is 1. The largest absolute Gasteiger partial charge is 0.463 e. The van der Waals surface area contributed by atoms with Gasteiger partial charge in [-0.1, -0.05) is 0 Å². The average Bonchev–Trinajstić information content (AvgIpc) is 2.78. The van der Waals surface area contributed by atoms with Crippen LogP contribution in [0.15, 0.2) is 30.3 Å². The van der Waals surface area contributed by atoms with E-state index in [0.29, 0.717) is 12.3 Å². The fourth-order valence-electron chi connectivity index (χ4n) is 1.69. The van der Waals surface area contributed by atoms with Gasteiger partial charge in [-0.05, 0) is 25.1 Å². The van der Waals surface area contributed by atoms with Crippen LogP contribution in [0.3, 0.4) is 0 Å². The molecule has 1 aromatic heterocycles. The number of nitro benzene ring substituents is 1. The predicted octanol–water partition coefficient (Wildman–Crippen LogP) is 2.65. The van der Waals surface area contributed by atoms with Gasteiger partial charge in [0.1, 0.15) is 0 Å². The van der Waals surface area contributed by atoms with E-state index in [2.05, 4.69) is 4.98 Å². The summed E-state index contributed by atoms with van der Waals surface area (Å²) in [6.07, 6.45) is 2.88. The summed E-state index contributed by atoms with van der Waals surface area (Å²) in [6.45, 7) is 2.05. The van der Waals surface area contributed by atoms with Gasteiger partial charge in [-0.3, -0.25) is 10.1 Å². The van der Waals surface area contributed by atoms with Crippen LogP contribution in [0.1, 0.15) is 12.6 Å². The maximum Gasteiger partial charge on any atom is 0.330 e. The van der Waals surface area contributed by atoms with E-state index in [0.717, 1.165) is 10.9 Å². The number of aromatic amines is 1. The van der Waals surface area contributed by atoms with E-state index in [9.17, 15) is 14.9 Å². The number of nitrogens with zero attached hydrogens (tertiary/aromatic N) is 1. The first-order valence-corrected chi connectivity index (χ1v) is 5.72. The number of esters is 1. The molecule has 1 N–H and O–H groups in total. The van der Waals surface area contributed by atoms with E-state index in [1.807, 2.05) is 0 Å². The number of benzene rings is 1. The number of ether oxygens (including phenoxy) is 1. The fourth-order valence-corrected chi connectivity index (χ4v) is 1.69. The molecule has 0 fully saturated rings. The van der Waals surface area contributed by atoms with Crippen molar-refractivity contribution in [2.45, 2.75) is 6.92 Å². The van der Waals surface area contributed by atoms with E-state index in [4.69, 9.17) is 4.74 Å². The van der Waals surface area contributed by atoms with Crippen LogP contribution in [-0.2, 0) is 9.53 Å². The van der Waals surface area contributed by atoms with Crippen molar-refractivity contribution in [2.24, 2.45) is 0 Å². The molecule has 1 heterocycles. The lowest BCUT2D eigenvalue weighted by Gasteiger charge is -1.93. The molecular weight excluding hydrogens is 248 g/mol. The van der Waals surface area contributed by atoms with Gasteiger partial charge in [0, 0.05) is 34.8 Å². The zero-order valence-corrected chi connectivity index (χ0v) is 10.3. The Kier molecular flexibility index (Phi) is 3.61. The van der Waals surface area contributed by atoms with Gasteiger partial charge in [0.25, 0.3) is 5.69 Å². The van der Waals surface area contributed by atoms with E-state index < -0.39 is 10.9 Å². The average molecular weight is 260 g/mol. The minimum Gasteiger partial charge on any atom is -0.463 e. The Morgan fingerprint density at radius 2 is 2.26 bits per heavy atom. The number of hydrogen-bond acceptors (Lipinski definition) is 4. The summed E-state index contributed by atoms with van der Waals surface area (Å²) < 4.78 is 4.76. The summed E-state index contributed by atoms with van der Waals surface area (Å²) in [5.74, 6) is -0.424. The highest BCUT2D eigenvalue weighted by atomic mass is 16.6. The maximum absolute atomic E-state index is 11.2. The second-order valence-corrected chi connectivity index (χ2v) is 3.84. The smallest absolute Gasteiger partial charge is 0.330 e. The Labute approximate surface area is 108 Å². The Balaban J connectivity index is 2.26. The summed E-state index contributed by atoms with van der Waals surface area (Å²) in [4.78, 5) is 24.4. The third-order valence-corrected chi connectivity index (χ3v) is 2.52. The fraction of sp³-hybridized carbons (Fsp3) is 0.154. The van der Waals surface area contributed by atoms with Crippen molar-refractivity contribution < 1.29 is 14.5 Å². The third-order valence-electron chi connectivity index (χ3n) is 2.52. The number of rotatable bonds is 4. The molecule has 0 aliphatic carbocycles. The van der Waals surface area contributed by atoms with Gasteiger partial charge in [0.2, 0.25) is 0 Å². The second-order valence-electron chi connectivity index (χ2n) is 3.84. The van der Waals surface area contributed by atoms with E-state index in [1.54, 1.807) is 25.1 Å². The van der Waals surface area contributed by atoms with Gasteiger partial charge in [-0.2, -0.15) is 0 Å². The van der Waals surface area contributed by atoms with Gasteiger partial charge in [0.15, 0.2) is 0 Å². The summed E-state index contributed by atoms with van der Waals surface area (Å²) in [6, 6.07) is 6.28. The molecule has 98 valence electrons. The van der Waals surface area contributed by atoms with Crippen molar-refractivity contribution in [3.63, 3.8) is 0 Å². The van der Waals surface area contributed by atoms with Crippen molar-refractivity contribution in [3.8, 4) is 0 Å². The monoisotopic (exact) mass is 260 g/mol. The first-order valence-electron chi connectivity index (χ1n) is 5.72. The lowest BCUT2D eigenvalue weighted by atomic mass is 10.2. The molecule has 0 spiro atoms. The molecule has 6 nitrogen and oxygen atoms in total. The first kappa shape index (κ1) is 12.8. The van der Waals surface area contributed by atoms with Crippen LogP contribution >= 0.6 is 0 Å². The Morgan fingerprint density at radius 3 is 2.95 bits per heavy atom. The van der Waals surface area contributed by atoms with Crippen LogP contribution in [0.5, 0.6) is 0 Å². The molecule has 6 heteroatoms. The van der Waals surface area contributed by atoms with Gasteiger partial charge in [-0.15, -0.1) is 0 Å². The number of carbonyl (C=O) groups excluding carboxylic acids is 1. The van der Waals surface area contributed by atoms with E-state index >= 15 is 0 Å². The molecule has 0 bridgehead atoms. The van der Waals surface area contributed by atoms with Gasteiger partial charge < -0.3 is 9.72 Å². The van der Waals surface area contributed by atoms with E-state index in [-0.39, 0.29) is 5.69 Å². The summed E-state index contributed by atoms with van der Waals surface area (Å²) >= 11 is 0. The van der Waals surface area contributed by atoms with Crippen molar-refractivity contribution in [3.05, 3.63) is 46.1 Å². The van der Waals surface area contributed by atoms with Gasteiger partial charge >= 0.3 is 5.97 Å². The Bertz CT molecular complexity index is 658. The lowest BCUT2D eigenvalue weighted by Crippen LogP contribution is -1.98. The standard InChI is InChI=1S/C13H12N2O4/c1-2-19-13(16)6-3-10-7-9-8-11(15(17)18)4-5-12(9)14-10/h3-8,14H,2H2,1H3/b6-3+. The minimum atomic E-state index is -0.444.